The van der Waals surface area contributed by atoms with Gasteiger partial charge in [0.2, 0.25) is 0 Å². The molecule has 0 aliphatic heterocycles. The van der Waals surface area contributed by atoms with Crippen LogP contribution in [0.3, 0.4) is 0 Å². The lowest BCUT2D eigenvalue weighted by atomic mass is 10.1. The maximum absolute atomic E-state index is 10.7. The van der Waals surface area contributed by atoms with Gasteiger partial charge in [-0.15, -0.1) is 9.05 Å². The molecule has 4 nitrogen and oxygen atoms in total. The van der Waals surface area contributed by atoms with Crippen molar-refractivity contribution < 1.29 is 13.6 Å². The van der Waals surface area contributed by atoms with Crippen LogP contribution in [0.15, 0.2) is 0 Å². The smallest absolute Gasteiger partial charge is 0.198 e. The molecule has 0 saturated carbocycles. The first-order valence-electron chi connectivity index (χ1n) is 3.83. The molecule has 5 heteroatoms. The molecule has 0 heterocycles. The highest BCUT2D eigenvalue weighted by Gasteiger charge is 2.18. The van der Waals surface area contributed by atoms with Gasteiger partial charge in [0.15, 0.2) is 0 Å². The molecule has 0 saturated heterocycles. The molecular weight excluding hydrogens is 177 g/mol. The van der Waals surface area contributed by atoms with E-state index in [1.165, 1.54) is 0 Å². The summed E-state index contributed by atoms with van der Waals surface area (Å²) in [6.07, 6.45) is 0.588. The van der Waals surface area contributed by atoms with E-state index < -0.39 is 8.25 Å². The Morgan fingerprint density at radius 1 is 1.58 bits per heavy atom. The summed E-state index contributed by atoms with van der Waals surface area (Å²) in [6.45, 7) is 4.22. The van der Waals surface area contributed by atoms with E-state index in [9.17, 15) is 4.57 Å². The summed E-state index contributed by atoms with van der Waals surface area (Å²) in [6, 6.07) is 2.05. The Labute approximate surface area is 73.4 Å². The number of nitriles is 1. The minimum absolute atomic E-state index is 0.0602. The second kappa shape index (κ2) is 7.17. The first-order valence-corrected chi connectivity index (χ1v) is 4.93. The van der Waals surface area contributed by atoms with Crippen molar-refractivity contribution in [3.05, 3.63) is 0 Å². The van der Waals surface area contributed by atoms with Gasteiger partial charge in [0.1, 0.15) is 13.2 Å². The molecule has 0 aliphatic carbocycles. The van der Waals surface area contributed by atoms with Crippen LogP contribution in [0, 0.1) is 17.2 Å². The van der Waals surface area contributed by atoms with Gasteiger partial charge in [-0.2, -0.15) is 5.26 Å². The summed E-state index contributed by atoms with van der Waals surface area (Å²) in [5.41, 5.74) is 0. The zero-order chi connectivity index (χ0) is 9.40. The van der Waals surface area contributed by atoms with Crippen molar-refractivity contribution >= 4 is 8.25 Å². The van der Waals surface area contributed by atoms with Crippen LogP contribution < -0.4 is 0 Å². The monoisotopic (exact) mass is 190 g/mol. The molecule has 2 unspecified atom stereocenters. The first-order chi connectivity index (χ1) is 5.70. The Balaban J connectivity index is 3.32. The zero-order valence-corrected chi connectivity index (χ0v) is 8.21. The van der Waals surface area contributed by atoms with Crippen LogP contribution in [-0.4, -0.2) is 13.2 Å². The van der Waals surface area contributed by atoms with E-state index in [-0.39, 0.29) is 5.92 Å². The molecular formula is C7H13NO3P+. The quantitative estimate of drug-likeness (QED) is 0.602. The topological polar surface area (TPSA) is 59.3 Å². The summed E-state index contributed by atoms with van der Waals surface area (Å²) < 4.78 is 20.2. The van der Waals surface area contributed by atoms with E-state index in [0.717, 1.165) is 0 Å². The van der Waals surface area contributed by atoms with Crippen molar-refractivity contribution in [3.8, 4) is 6.07 Å². The van der Waals surface area contributed by atoms with Gasteiger partial charge in [0, 0.05) is 10.5 Å². The van der Waals surface area contributed by atoms with E-state index >= 15 is 0 Å². The molecule has 0 aromatic heterocycles. The minimum atomic E-state index is -1.98. The highest BCUT2D eigenvalue weighted by Crippen LogP contribution is 2.23. The fraction of sp³-hybridized carbons (Fsp3) is 0.857. The molecule has 0 radical (unpaired) electrons. The van der Waals surface area contributed by atoms with Gasteiger partial charge in [-0.3, -0.25) is 0 Å². The molecule has 0 aromatic rings. The maximum Gasteiger partial charge on any atom is 0.697 e. The van der Waals surface area contributed by atoms with Gasteiger partial charge in [0.05, 0.1) is 6.07 Å². The van der Waals surface area contributed by atoms with Crippen LogP contribution in [0.2, 0.25) is 0 Å². The highest BCUT2D eigenvalue weighted by atomic mass is 31.1. The minimum Gasteiger partial charge on any atom is -0.198 e. The lowest BCUT2D eigenvalue weighted by Gasteiger charge is -1.94. The van der Waals surface area contributed by atoms with Crippen LogP contribution >= 0.6 is 8.25 Å². The van der Waals surface area contributed by atoms with E-state index in [1.54, 1.807) is 13.8 Å². The maximum atomic E-state index is 10.7. The Morgan fingerprint density at radius 2 is 2.25 bits per heavy atom. The summed E-state index contributed by atoms with van der Waals surface area (Å²) in [5, 5.41) is 8.39. The molecule has 68 valence electrons. The standard InChI is InChI=1S/C7H13NO3P/c1-3-10-12(9)11-5-4-7(2)6-8/h7H,3-5H2,1-2H3/q+1. The number of hydrogen-bond donors (Lipinski definition) is 0. The van der Waals surface area contributed by atoms with E-state index in [1.807, 2.05) is 0 Å². The van der Waals surface area contributed by atoms with Crippen molar-refractivity contribution in [3.63, 3.8) is 0 Å². The molecule has 0 aromatic carbocycles. The van der Waals surface area contributed by atoms with E-state index in [4.69, 9.17) is 9.79 Å². The van der Waals surface area contributed by atoms with Gasteiger partial charge >= 0.3 is 8.25 Å². The van der Waals surface area contributed by atoms with Gasteiger partial charge in [-0.25, -0.2) is 0 Å². The Kier molecular flexibility index (Phi) is 6.88. The second-order valence-electron chi connectivity index (χ2n) is 2.29. The average Bonchev–Trinajstić information content (AvgIpc) is 2.04. The molecule has 0 aliphatic rings. The normalized spacial score (nSPS) is 13.6. The van der Waals surface area contributed by atoms with Crippen molar-refractivity contribution in [1.29, 1.82) is 5.26 Å². The van der Waals surface area contributed by atoms with Gasteiger partial charge in [0.25, 0.3) is 0 Å². The third kappa shape index (κ3) is 6.23. The second-order valence-corrected chi connectivity index (χ2v) is 3.26. The zero-order valence-electron chi connectivity index (χ0n) is 7.32. The summed E-state index contributed by atoms with van der Waals surface area (Å²) in [7, 11) is -1.98. The third-order valence-electron chi connectivity index (χ3n) is 1.20. The molecule has 12 heavy (non-hydrogen) atoms. The van der Waals surface area contributed by atoms with Gasteiger partial charge in [-0.1, -0.05) is 0 Å². The number of hydrogen-bond acceptors (Lipinski definition) is 4. The van der Waals surface area contributed by atoms with Crippen molar-refractivity contribution in [1.82, 2.24) is 0 Å². The van der Waals surface area contributed by atoms with E-state index in [0.29, 0.717) is 19.6 Å². The van der Waals surface area contributed by atoms with Crippen molar-refractivity contribution in [2.24, 2.45) is 5.92 Å². The summed E-state index contributed by atoms with van der Waals surface area (Å²) in [4.78, 5) is 0. The van der Waals surface area contributed by atoms with Crippen molar-refractivity contribution in [2.75, 3.05) is 13.2 Å². The summed E-state index contributed by atoms with van der Waals surface area (Å²) >= 11 is 0. The molecule has 0 bridgehead atoms. The van der Waals surface area contributed by atoms with Crippen molar-refractivity contribution in [2.45, 2.75) is 20.3 Å². The number of nitrogens with zero attached hydrogens (tertiary/aromatic N) is 1. The highest BCUT2D eigenvalue weighted by molar-refractivity contribution is 7.33. The molecule has 0 N–H and O–H groups in total. The first kappa shape index (κ1) is 11.5. The predicted molar refractivity (Wildman–Crippen MR) is 44.6 cm³/mol. The Hall–Kier alpha value is -0.490. The number of rotatable bonds is 6. The molecule has 0 amide bonds. The summed E-state index contributed by atoms with van der Waals surface area (Å²) in [5.74, 6) is -0.0602. The van der Waals surface area contributed by atoms with E-state index in [2.05, 4.69) is 10.6 Å². The van der Waals surface area contributed by atoms with Gasteiger partial charge < -0.3 is 0 Å². The molecule has 0 rings (SSSR count). The van der Waals surface area contributed by atoms with Crippen LogP contribution in [-0.2, 0) is 13.6 Å². The molecule has 0 fully saturated rings. The van der Waals surface area contributed by atoms with Crippen LogP contribution in [0.5, 0.6) is 0 Å². The largest absolute Gasteiger partial charge is 0.697 e. The SMILES string of the molecule is CCO[P+](=O)OCCC(C)C#N. The average molecular weight is 190 g/mol. The fourth-order valence-corrected chi connectivity index (χ4v) is 1.05. The third-order valence-corrected chi connectivity index (χ3v) is 2.06. The Morgan fingerprint density at radius 3 is 2.75 bits per heavy atom. The lowest BCUT2D eigenvalue weighted by Crippen LogP contribution is -1.96. The molecule has 0 spiro atoms. The fourth-order valence-electron chi connectivity index (χ4n) is 0.511. The van der Waals surface area contributed by atoms with Crippen LogP contribution in [0.4, 0.5) is 0 Å². The van der Waals surface area contributed by atoms with Crippen LogP contribution in [0.1, 0.15) is 20.3 Å². The van der Waals surface area contributed by atoms with Crippen LogP contribution in [0.25, 0.3) is 0 Å². The lowest BCUT2D eigenvalue weighted by molar-refractivity contribution is 0.226. The Bertz CT molecular complexity index is 178. The van der Waals surface area contributed by atoms with Gasteiger partial charge in [-0.05, 0) is 20.3 Å². The predicted octanol–water partition coefficient (Wildman–Crippen LogP) is 2.25. The molecule has 2 atom stereocenters.